The van der Waals surface area contributed by atoms with E-state index in [2.05, 4.69) is 0 Å². The number of carbonyl (C=O) groups excluding carboxylic acids is 1. The van der Waals surface area contributed by atoms with Crippen molar-refractivity contribution in [2.24, 2.45) is 5.73 Å². The lowest BCUT2D eigenvalue weighted by atomic mass is 10.2. The molecular weight excluding hydrogens is 214 g/mol. The van der Waals surface area contributed by atoms with Crippen LogP contribution in [-0.4, -0.2) is 19.5 Å². The molecule has 0 aliphatic heterocycles. The molecule has 78 valence electrons. The molecule has 1 amide bonds. The molecule has 1 aromatic carbocycles. The lowest BCUT2D eigenvalue weighted by Crippen LogP contribution is -2.30. The van der Waals surface area contributed by atoms with Crippen molar-refractivity contribution in [2.75, 3.05) is 18.5 Å². The van der Waals surface area contributed by atoms with Gasteiger partial charge in [-0.2, -0.15) is 5.26 Å². The fourth-order valence-electron chi connectivity index (χ4n) is 1.26. The second-order valence-corrected chi connectivity index (χ2v) is 3.48. The van der Waals surface area contributed by atoms with Crippen LogP contribution in [0.4, 0.5) is 5.69 Å². The van der Waals surface area contributed by atoms with Crippen LogP contribution in [0.3, 0.4) is 0 Å². The molecule has 0 atom stereocenters. The molecule has 0 heterocycles. The standard InChI is InChI=1S/C10H10ClN3O/c1-14(6-10(13)15)9-4-2-3-8(11)7(9)5-12/h2-4H,6H2,1H3,(H2,13,15). The van der Waals surface area contributed by atoms with E-state index in [4.69, 9.17) is 22.6 Å². The summed E-state index contributed by atoms with van der Waals surface area (Å²) in [5.41, 5.74) is 6.01. The summed E-state index contributed by atoms with van der Waals surface area (Å²) in [6, 6.07) is 7.05. The van der Waals surface area contributed by atoms with Gasteiger partial charge in [0.25, 0.3) is 0 Å². The van der Waals surface area contributed by atoms with E-state index in [1.807, 2.05) is 6.07 Å². The number of primary amides is 1. The Kier molecular flexibility index (Phi) is 3.53. The van der Waals surface area contributed by atoms with Crippen LogP contribution < -0.4 is 10.6 Å². The Morgan fingerprint density at radius 1 is 1.67 bits per heavy atom. The number of anilines is 1. The highest BCUT2D eigenvalue weighted by Crippen LogP contribution is 2.25. The number of amides is 1. The van der Waals surface area contributed by atoms with Gasteiger partial charge in [-0.15, -0.1) is 0 Å². The first-order valence-corrected chi connectivity index (χ1v) is 4.62. The number of nitrogens with zero attached hydrogens (tertiary/aromatic N) is 2. The van der Waals surface area contributed by atoms with Gasteiger partial charge < -0.3 is 10.6 Å². The van der Waals surface area contributed by atoms with Gasteiger partial charge in [0.1, 0.15) is 6.07 Å². The van der Waals surface area contributed by atoms with Crippen molar-refractivity contribution in [1.29, 1.82) is 5.26 Å². The smallest absolute Gasteiger partial charge is 0.236 e. The van der Waals surface area contributed by atoms with Gasteiger partial charge in [-0.3, -0.25) is 4.79 Å². The van der Waals surface area contributed by atoms with Gasteiger partial charge in [-0.1, -0.05) is 17.7 Å². The minimum atomic E-state index is -0.457. The van der Waals surface area contributed by atoms with Crippen molar-refractivity contribution in [3.05, 3.63) is 28.8 Å². The van der Waals surface area contributed by atoms with Gasteiger partial charge in [-0.05, 0) is 12.1 Å². The zero-order valence-corrected chi connectivity index (χ0v) is 8.95. The molecule has 15 heavy (non-hydrogen) atoms. The summed E-state index contributed by atoms with van der Waals surface area (Å²) < 4.78 is 0. The van der Waals surface area contributed by atoms with E-state index in [0.29, 0.717) is 16.3 Å². The average Bonchev–Trinajstić information content (AvgIpc) is 2.16. The molecule has 0 radical (unpaired) electrons. The minimum Gasteiger partial charge on any atom is -0.368 e. The summed E-state index contributed by atoms with van der Waals surface area (Å²) in [6.07, 6.45) is 0. The SMILES string of the molecule is CN(CC(N)=O)c1cccc(Cl)c1C#N. The summed E-state index contributed by atoms with van der Waals surface area (Å²) in [4.78, 5) is 12.3. The number of hydrogen-bond donors (Lipinski definition) is 1. The first-order chi connectivity index (χ1) is 7.06. The van der Waals surface area contributed by atoms with E-state index in [1.54, 1.807) is 30.1 Å². The predicted octanol–water partition coefficient (Wildman–Crippen LogP) is 1.13. The first kappa shape index (κ1) is 11.3. The van der Waals surface area contributed by atoms with E-state index >= 15 is 0 Å². The van der Waals surface area contributed by atoms with Crippen LogP contribution in [-0.2, 0) is 4.79 Å². The van der Waals surface area contributed by atoms with Crippen LogP contribution in [0, 0.1) is 11.3 Å². The molecule has 1 aromatic rings. The molecule has 4 nitrogen and oxygen atoms in total. The second kappa shape index (κ2) is 4.67. The van der Waals surface area contributed by atoms with Crippen LogP contribution >= 0.6 is 11.6 Å². The van der Waals surface area contributed by atoms with Crippen LogP contribution in [0.25, 0.3) is 0 Å². The van der Waals surface area contributed by atoms with Crippen molar-refractivity contribution in [1.82, 2.24) is 0 Å². The number of nitrogens with two attached hydrogens (primary N) is 1. The first-order valence-electron chi connectivity index (χ1n) is 4.24. The Bertz CT molecular complexity index is 425. The Labute approximate surface area is 92.8 Å². The van der Waals surface area contributed by atoms with Gasteiger partial charge >= 0.3 is 0 Å². The molecule has 1 rings (SSSR count). The third kappa shape index (κ3) is 2.61. The number of nitriles is 1. The highest BCUT2D eigenvalue weighted by Gasteiger charge is 2.11. The number of benzene rings is 1. The van der Waals surface area contributed by atoms with Gasteiger partial charge in [0.05, 0.1) is 22.8 Å². The summed E-state index contributed by atoms with van der Waals surface area (Å²) in [5, 5.41) is 9.27. The molecular formula is C10H10ClN3O. The van der Waals surface area contributed by atoms with Gasteiger partial charge in [-0.25, -0.2) is 0 Å². The lowest BCUT2D eigenvalue weighted by Gasteiger charge is -2.18. The maximum Gasteiger partial charge on any atom is 0.236 e. The van der Waals surface area contributed by atoms with Crippen LogP contribution in [0.1, 0.15) is 5.56 Å². The Hall–Kier alpha value is -1.73. The fraction of sp³-hybridized carbons (Fsp3) is 0.200. The molecule has 0 spiro atoms. The maximum atomic E-state index is 10.7. The Morgan fingerprint density at radius 3 is 2.87 bits per heavy atom. The van der Waals surface area contributed by atoms with Crippen molar-refractivity contribution < 1.29 is 4.79 Å². The third-order valence-corrected chi connectivity index (χ3v) is 2.22. The van der Waals surface area contributed by atoms with Crippen LogP contribution in [0.15, 0.2) is 18.2 Å². The fourth-order valence-corrected chi connectivity index (χ4v) is 1.47. The normalized spacial score (nSPS) is 9.40. The zero-order chi connectivity index (χ0) is 11.4. The number of halogens is 1. The van der Waals surface area contributed by atoms with Crippen molar-refractivity contribution >= 4 is 23.2 Å². The molecule has 0 fully saturated rings. The molecule has 0 aliphatic carbocycles. The predicted molar refractivity (Wildman–Crippen MR) is 58.6 cm³/mol. The summed E-state index contributed by atoms with van der Waals surface area (Å²) in [6.45, 7) is 0.0506. The Balaban J connectivity index is 3.09. The minimum absolute atomic E-state index is 0.0506. The van der Waals surface area contributed by atoms with Crippen molar-refractivity contribution in [3.8, 4) is 6.07 Å². The van der Waals surface area contributed by atoms with E-state index in [-0.39, 0.29) is 6.54 Å². The number of carbonyl (C=O) groups is 1. The molecule has 2 N–H and O–H groups in total. The van der Waals surface area contributed by atoms with Crippen LogP contribution in [0.2, 0.25) is 5.02 Å². The molecule has 0 saturated heterocycles. The largest absolute Gasteiger partial charge is 0.368 e. The third-order valence-electron chi connectivity index (χ3n) is 1.91. The van der Waals surface area contributed by atoms with E-state index in [9.17, 15) is 4.79 Å². The van der Waals surface area contributed by atoms with E-state index < -0.39 is 5.91 Å². The van der Waals surface area contributed by atoms with Crippen molar-refractivity contribution in [2.45, 2.75) is 0 Å². The average molecular weight is 224 g/mol. The number of likely N-dealkylation sites (N-methyl/N-ethyl adjacent to an activating group) is 1. The molecule has 0 unspecified atom stereocenters. The molecule has 5 heteroatoms. The van der Waals surface area contributed by atoms with Crippen molar-refractivity contribution in [3.63, 3.8) is 0 Å². The number of hydrogen-bond acceptors (Lipinski definition) is 3. The lowest BCUT2D eigenvalue weighted by molar-refractivity contribution is -0.116. The Morgan fingerprint density at radius 2 is 2.33 bits per heavy atom. The molecule has 0 aliphatic rings. The summed E-state index contributed by atoms with van der Waals surface area (Å²) in [5.74, 6) is -0.457. The van der Waals surface area contributed by atoms with Gasteiger partial charge in [0, 0.05) is 7.05 Å². The monoisotopic (exact) mass is 223 g/mol. The highest BCUT2D eigenvalue weighted by atomic mass is 35.5. The summed E-state index contributed by atoms with van der Waals surface area (Å²) in [7, 11) is 1.68. The second-order valence-electron chi connectivity index (χ2n) is 3.07. The molecule has 0 aromatic heterocycles. The summed E-state index contributed by atoms with van der Waals surface area (Å²) >= 11 is 5.84. The van der Waals surface area contributed by atoms with Gasteiger partial charge in [0.2, 0.25) is 5.91 Å². The molecule has 0 saturated carbocycles. The topological polar surface area (TPSA) is 70.1 Å². The van der Waals surface area contributed by atoms with E-state index in [1.165, 1.54) is 0 Å². The number of rotatable bonds is 3. The van der Waals surface area contributed by atoms with Gasteiger partial charge in [0.15, 0.2) is 0 Å². The van der Waals surface area contributed by atoms with E-state index in [0.717, 1.165) is 0 Å². The van der Waals surface area contributed by atoms with Crippen LogP contribution in [0.5, 0.6) is 0 Å². The highest BCUT2D eigenvalue weighted by molar-refractivity contribution is 6.32. The molecule has 0 bridgehead atoms. The quantitative estimate of drug-likeness (QED) is 0.835. The zero-order valence-electron chi connectivity index (χ0n) is 8.20. The maximum absolute atomic E-state index is 10.7.